The van der Waals surface area contributed by atoms with Gasteiger partial charge in [0.15, 0.2) is 6.23 Å². The number of anilines is 1. The van der Waals surface area contributed by atoms with Gasteiger partial charge in [0, 0.05) is 23.2 Å². The van der Waals surface area contributed by atoms with Crippen LogP contribution >= 0.6 is 0 Å². The van der Waals surface area contributed by atoms with Crippen LogP contribution in [0.5, 0.6) is 5.75 Å². The monoisotopic (exact) mass is 220 g/mol. The molecule has 4 nitrogen and oxygen atoms in total. The quantitative estimate of drug-likeness (QED) is 0.643. The molecule has 0 spiro atoms. The zero-order valence-electron chi connectivity index (χ0n) is 9.26. The lowest BCUT2D eigenvalue weighted by molar-refractivity contribution is -0.103. The highest BCUT2D eigenvalue weighted by molar-refractivity contribution is 5.52. The Morgan fingerprint density at radius 3 is 3.06 bits per heavy atom. The number of likely N-dealkylation sites (tertiary alicyclic amines) is 1. The molecule has 0 bridgehead atoms. The summed E-state index contributed by atoms with van der Waals surface area (Å²) in [6.45, 7) is 0. The van der Waals surface area contributed by atoms with E-state index >= 15 is 0 Å². The van der Waals surface area contributed by atoms with E-state index < -0.39 is 6.23 Å². The van der Waals surface area contributed by atoms with Crippen LogP contribution < -0.4 is 10.5 Å². The SMILES string of the molecule is CN1C(O)CCC2c3ccc(N)cc3OC21. The van der Waals surface area contributed by atoms with Crippen LogP contribution in [0.2, 0.25) is 0 Å². The summed E-state index contributed by atoms with van der Waals surface area (Å²) in [5.74, 6) is 1.24. The van der Waals surface area contributed by atoms with Crippen LogP contribution in [0.4, 0.5) is 5.69 Å². The summed E-state index contributed by atoms with van der Waals surface area (Å²) >= 11 is 0. The highest BCUT2D eigenvalue weighted by Crippen LogP contribution is 2.45. The normalized spacial score (nSPS) is 33.0. The average molecular weight is 220 g/mol. The molecule has 3 unspecified atom stereocenters. The average Bonchev–Trinajstić information content (AvgIpc) is 2.62. The van der Waals surface area contributed by atoms with Gasteiger partial charge in [0.05, 0.1) is 0 Å². The minimum Gasteiger partial charge on any atom is -0.474 e. The molecule has 16 heavy (non-hydrogen) atoms. The minimum absolute atomic E-state index is 0.0412. The van der Waals surface area contributed by atoms with E-state index in [0.717, 1.165) is 24.3 Å². The first-order valence-electron chi connectivity index (χ1n) is 5.63. The van der Waals surface area contributed by atoms with Crippen molar-refractivity contribution in [1.29, 1.82) is 0 Å². The number of nitrogens with zero attached hydrogens (tertiary/aromatic N) is 1. The lowest BCUT2D eigenvalue weighted by atomic mass is 9.90. The first-order chi connectivity index (χ1) is 7.66. The zero-order valence-corrected chi connectivity index (χ0v) is 9.26. The second kappa shape index (κ2) is 3.37. The van der Waals surface area contributed by atoms with Crippen LogP contribution in [-0.4, -0.2) is 29.5 Å². The molecule has 1 aromatic rings. The number of piperidine rings is 1. The van der Waals surface area contributed by atoms with Gasteiger partial charge in [0.1, 0.15) is 12.0 Å². The molecule has 86 valence electrons. The molecule has 0 saturated carbocycles. The Kier molecular flexibility index (Phi) is 2.09. The summed E-state index contributed by atoms with van der Waals surface area (Å²) < 4.78 is 5.86. The third-order valence-electron chi connectivity index (χ3n) is 3.64. The van der Waals surface area contributed by atoms with Gasteiger partial charge in [-0.3, -0.25) is 0 Å². The Balaban J connectivity index is 1.97. The fourth-order valence-electron chi connectivity index (χ4n) is 2.69. The third kappa shape index (κ3) is 1.30. The first-order valence-corrected chi connectivity index (χ1v) is 5.63. The van der Waals surface area contributed by atoms with Crippen molar-refractivity contribution in [2.75, 3.05) is 12.8 Å². The van der Waals surface area contributed by atoms with Gasteiger partial charge >= 0.3 is 0 Å². The summed E-state index contributed by atoms with van der Waals surface area (Å²) in [5.41, 5.74) is 7.68. The molecule has 3 N–H and O–H groups in total. The summed E-state index contributed by atoms with van der Waals surface area (Å²) in [4.78, 5) is 1.89. The van der Waals surface area contributed by atoms with E-state index in [-0.39, 0.29) is 6.23 Å². The summed E-state index contributed by atoms with van der Waals surface area (Å²) in [5, 5.41) is 9.78. The molecule has 0 aromatic heterocycles. The molecule has 2 heterocycles. The van der Waals surface area contributed by atoms with Crippen LogP contribution in [0.15, 0.2) is 18.2 Å². The molecule has 2 aliphatic rings. The fourth-order valence-corrected chi connectivity index (χ4v) is 2.69. The first kappa shape index (κ1) is 9.93. The second-order valence-electron chi connectivity index (χ2n) is 4.64. The Bertz CT molecular complexity index is 421. The molecular formula is C12H16N2O2. The second-order valence-corrected chi connectivity index (χ2v) is 4.64. The van der Waals surface area contributed by atoms with Gasteiger partial charge in [-0.15, -0.1) is 0 Å². The van der Waals surface area contributed by atoms with Crippen molar-refractivity contribution >= 4 is 5.69 Å². The summed E-state index contributed by atoms with van der Waals surface area (Å²) in [7, 11) is 1.90. The molecule has 4 heteroatoms. The number of aliphatic hydroxyl groups is 1. The molecule has 0 radical (unpaired) electrons. The molecule has 3 rings (SSSR count). The largest absolute Gasteiger partial charge is 0.474 e. The van der Waals surface area contributed by atoms with Gasteiger partial charge in [0.25, 0.3) is 0 Å². The number of benzene rings is 1. The maximum Gasteiger partial charge on any atom is 0.161 e. The number of fused-ring (bicyclic) bond motifs is 3. The van der Waals surface area contributed by atoms with Gasteiger partial charge in [-0.2, -0.15) is 0 Å². The van der Waals surface area contributed by atoms with Gasteiger partial charge in [-0.05, 0) is 26.0 Å². The van der Waals surface area contributed by atoms with Crippen molar-refractivity contribution in [3.63, 3.8) is 0 Å². The lowest BCUT2D eigenvalue weighted by Crippen LogP contribution is -2.48. The number of hydrogen-bond donors (Lipinski definition) is 2. The van der Waals surface area contributed by atoms with Gasteiger partial charge in [-0.1, -0.05) is 6.07 Å². The summed E-state index contributed by atoms with van der Waals surface area (Å²) in [6, 6.07) is 5.82. The van der Waals surface area contributed by atoms with E-state index in [1.165, 1.54) is 5.56 Å². The van der Waals surface area contributed by atoms with Crippen molar-refractivity contribution < 1.29 is 9.84 Å². The molecule has 1 aromatic carbocycles. The van der Waals surface area contributed by atoms with E-state index in [1.807, 2.05) is 30.1 Å². The molecule has 1 saturated heterocycles. The summed E-state index contributed by atoms with van der Waals surface area (Å²) in [6.07, 6.45) is 1.33. The number of ether oxygens (including phenoxy) is 1. The van der Waals surface area contributed by atoms with Crippen LogP contribution in [0, 0.1) is 0 Å². The molecule has 1 fully saturated rings. The number of nitrogen functional groups attached to an aromatic ring is 1. The number of rotatable bonds is 0. The van der Waals surface area contributed by atoms with Crippen molar-refractivity contribution in [2.24, 2.45) is 0 Å². The van der Waals surface area contributed by atoms with E-state index in [9.17, 15) is 5.11 Å². The highest BCUT2D eigenvalue weighted by Gasteiger charge is 2.42. The van der Waals surface area contributed by atoms with Crippen LogP contribution in [0.3, 0.4) is 0 Å². The van der Waals surface area contributed by atoms with Crippen molar-refractivity contribution in [1.82, 2.24) is 4.90 Å². The van der Waals surface area contributed by atoms with Crippen molar-refractivity contribution in [3.05, 3.63) is 23.8 Å². The number of aliphatic hydroxyl groups excluding tert-OH is 1. The lowest BCUT2D eigenvalue weighted by Gasteiger charge is -2.37. The molecule has 0 aliphatic carbocycles. The Morgan fingerprint density at radius 1 is 1.44 bits per heavy atom. The Labute approximate surface area is 94.6 Å². The number of likely N-dealkylation sites (N-methyl/N-ethyl adjacent to an activating group) is 1. The fraction of sp³-hybridized carbons (Fsp3) is 0.500. The topological polar surface area (TPSA) is 58.7 Å². The van der Waals surface area contributed by atoms with Gasteiger partial charge in [-0.25, -0.2) is 4.90 Å². The molecular weight excluding hydrogens is 204 g/mol. The van der Waals surface area contributed by atoms with E-state index in [1.54, 1.807) is 0 Å². The maximum atomic E-state index is 9.78. The predicted molar refractivity (Wildman–Crippen MR) is 61.0 cm³/mol. The standard InChI is InChI=1S/C12H16N2O2/c1-14-11(15)5-4-9-8-3-2-7(13)6-10(8)16-12(9)14/h2-3,6,9,11-12,15H,4-5,13H2,1H3. The van der Waals surface area contributed by atoms with Gasteiger partial charge < -0.3 is 15.6 Å². The number of hydrogen-bond acceptors (Lipinski definition) is 4. The van der Waals surface area contributed by atoms with E-state index in [4.69, 9.17) is 10.5 Å². The zero-order chi connectivity index (χ0) is 11.3. The van der Waals surface area contributed by atoms with Crippen molar-refractivity contribution in [2.45, 2.75) is 31.2 Å². The highest BCUT2D eigenvalue weighted by atomic mass is 16.5. The Hall–Kier alpha value is -1.26. The Morgan fingerprint density at radius 2 is 2.25 bits per heavy atom. The van der Waals surface area contributed by atoms with Gasteiger partial charge in [0.2, 0.25) is 0 Å². The van der Waals surface area contributed by atoms with Crippen molar-refractivity contribution in [3.8, 4) is 5.75 Å². The van der Waals surface area contributed by atoms with E-state index in [0.29, 0.717) is 5.92 Å². The third-order valence-corrected chi connectivity index (χ3v) is 3.64. The predicted octanol–water partition coefficient (Wildman–Crippen LogP) is 1.11. The minimum atomic E-state index is -0.395. The molecule has 3 atom stereocenters. The maximum absolute atomic E-state index is 9.78. The van der Waals surface area contributed by atoms with Crippen LogP contribution in [-0.2, 0) is 0 Å². The smallest absolute Gasteiger partial charge is 0.161 e. The van der Waals surface area contributed by atoms with Crippen LogP contribution in [0.25, 0.3) is 0 Å². The van der Waals surface area contributed by atoms with E-state index in [2.05, 4.69) is 0 Å². The molecule has 0 amide bonds. The molecule has 2 aliphatic heterocycles. The van der Waals surface area contributed by atoms with Crippen LogP contribution in [0.1, 0.15) is 24.3 Å². The number of nitrogens with two attached hydrogens (primary N) is 1.